The first-order chi connectivity index (χ1) is 20.2. The van der Waals surface area contributed by atoms with Gasteiger partial charge in [0.2, 0.25) is 0 Å². The fourth-order valence-electron chi connectivity index (χ4n) is 5.86. The first-order valence-corrected chi connectivity index (χ1v) is 18.9. The summed E-state index contributed by atoms with van der Waals surface area (Å²) in [5.74, 6) is -0.646. The first kappa shape index (κ1) is 49.1. The van der Waals surface area contributed by atoms with Gasteiger partial charge in [0.15, 0.2) is 0 Å². The topological polar surface area (TPSA) is 43.4 Å². The monoisotopic (exact) mass is 663 g/mol. The van der Waals surface area contributed by atoms with E-state index in [0.29, 0.717) is 12.8 Å². The van der Waals surface area contributed by atoms with Crippen molar-refractivity contribution >= 4 is 87.4 Å². The summed E-state index contributed by atoms with van der Waals surface area (Å²) >= 11 is 0. The number of carbonyl (C=O) groups excluding carboxylic acids is 2. The predicted molar refractivity (Wildman–Crippen MR) is 197 cm³/mol. The number of hydrogen-bond acceptors (Lipinski definition) is 3. The average molecular weight is 663 g/mol. The third-order valence-electron chi connectivity index (χ3n) is 8.70. The number of carbonyl (C=O) groups is 2. The van der Waals surface area contributed by atoms with Crippen molar-refractivity contribution in [2.45, 2.75) is 232 Å². The second-order valence-electron chi connectivity index (χ2n) is 13.0. The Morgan fingerprint density at radius 3 is 0.651 bits per heavy atom. The molecule has 0 unspecified atom stereocenters. The molecule has 0 aliphatic heterocycles. The van der Waals surface area contributed by atoms with Crippen LogP contribution in [0.15, 0.2) is 0 Å². The fourth-order valence-corrected chi connectivity index (χ4v) is 5.86. The van der Waals surface area contributed by atoms with E-state index in [2.05, 4.69) is 13.8 Å². The molecular formula is C38H78Ca2O3. The normalized spacial score (nSPS) is 10.7. The van der Waals surface area contributed by atoms with E-state index in [0.717, 1.165) is 25.7 Å². The van der Waals surface area contributed by atoms with E-state index < -0.39 is 0 Å². The quantitative estimate of drug-likeness (QED) is 0.0298. The van der Waals surface area contributed by atoms with Gasteiger partial charge >= 0.3 is 87.4 Å². The van der Waals surface area contributed by atoms with Gasteiger partial charge in [-0.15, -0.1) is 0 Å². The van der Waals surface area contributed by atoms with Crippen LogP contribution in [0, 0.1) is 0 Å². The second kappa shape index (κ2) is 43.7. The molecule has 3 nitrogen and oxygen atoms in total. The molecule has 0 heterocycles. The third kappa shape index (κ3) is 43.7. The number of rotatable bonds is 34. The molecule has 0 aromatic carbocycles. The Kier molecular flexibility index (Phi) is 49.8. The van der Waals surface area contributed by atoms with E-state index in [4.69, 9.17) is 4.74 Å². The van der Waals surface area contributed by atoms with Gasteiger partial charge in [-0.05, 0) is 12.8 Å². The van der Waals surface area contributed by atoms with Crippen LogP contribution in [-0.4, -0.2) is 87.4 Å². The summed E-state index contributed by atoms with van der Waals surface area (Å²) in [6, 6.07) is 0. The van der Waals surface area contributed by atoms with E-state index in [-0.39, 0.29) is 87.4 Å². The molecule has 0 bridgehead atoms. The zero-order valence-electron chi connectivity index (χ0n) is 28.3. The van der Waals surface area contributed by atoms with Gasteiger partial charge < -0.3 is 4.74 Å². The van der Waals surface area contributed by atoms with Crippen molar-refractivity contribution < 1.29 is 14.3 Å². The van der Waals surface area contributed by atoms with Gasteiger partial charge in [0.05, 0.1) is 0 Å². The van der Waals surface area contributed by atoms with Gasteiger partial charge in [-0.2, -0.15) is 0 Å². The van der Waals surface area contributed by atoms with Crippen molar-refractivity contribution in [3.05, 3.63) is 0 Å². The van der Waals surface area contributed by atoms with E-state index in [1.165, 1.54) is 180 Å². The Labute approximate surface area is 330 Å². The molecule has 5 heteroatoms. The zero-order valence-corrected chi connectivity index (χ0v) is 28.3. The summed E-state index contributed by atoms with van der Waals surface area (Å²) in [5.41, 5.74) is 0. The Morgan fingerprint density at radius 2 is 0.465 bits per heavy atom. The van der Waals surface area contributed by atoms with Gasteiger partial charge in [-0.3, -0.25) is 9.59 Å². The molecular weight excluding hydrogens is 585 g/mol. The van der Waals surface area contributed by atoms with Crippen molar-refractivity contribution in [1.82, 2.24) is 0 Å². The summed E-state index contributed by atoms with van der Waals surface area (Å²) < 4.78 is 5.02. The molecule has 0 N–H and O–H groups in total. The van der Waals surface area contributed by atoms with Crippen molar-refractivity contribution in [3.8, 4) is 0 Å². The van der Waals surface area contributed by atoms with Crippen LogP contribution < -0.4 is 0 Å². The third-order valence-corrected chi connectivity index (χ3v) is 8.70. The molecule has 0 aliphatic rings. The van der Waals surface area contributed by atoms with E-state index in [9.17, 15) is 9.59 Å². The Hall–Kier alpha value is 1.66. The van der Waals surface area contributed by atoms with Gasteiger partial charge in [-0.25, -0.2) is 0 Å². The van der Waals surface area contributed by atoms with Crippen LogP contribution in [0.3, 0.4) is 0 Å². The summed E-state index contributed by atoms with van der Waals surface area (Å²) in [7, 11) is 0. The minimum atomic E-state index is -0.323. The van der Waals surface area contributed by atoms with E-state index in [1.807, 2.05) is 0 Å². The van der Waals surface area contributed by atoms with Crippen LogP contribution in [0.25, 0.3) is 0 Å². The first-order valence-electron chi connectivity index (χ1n) is 18.9. The SMILES string of the molecule is CCCCCCCCCCCCCCCCCCCCCC(=O)OC(=O)CCCCCCCCCCCCCCC.[CaH2].[CaH2]. The average Bonchev–Trinajstić information content (AvgIpc) is 2.96. The summed E-state index contributed by atoms with van der Waals surface area (Å²) in [6.45, 7) is 4.56. The number of esters is 2. The minimum absolute atomic E-state index is 0. The van der Waals surface area contributed by atoms with Crippen LogP contribution in [-0.2, 0) is 14.3 Å². The van der Waals surface area contributed by atoms with Gasteiger partial charge in [0.1, 0.15) is 0 Å². The summed E-state index contributed by atoms with van der Waals surface area (Å²) in [5, 5.41) is 0. The van der Waals surface area contributed by atoms with Gasteiger partial charge in [0.25, 0.3) is 0 Å². The van der Waals surface area contributed by atoms with Gasteiger partial charge in [0, 0.05) is 12.8 Å². The molecule has 0 radical (unpaired) electrons. The Morgan fingerprint density at radius 1 is 0.302 bits per heavy atom. The van der Waals surface area contributed by atoms with E-state index in [1.54, 1.807) is 0 Å². The molecule has 0 aromatic rings. The summed E-state index contributed by atoms with van der Waals surface area (Å²) in [6.07, 6.45) is 43.1. The molecule has 0 aliphatic carbocycles. The van der Waals surface area contributed by atoms with Crippen LogP contribution in [0.4, 0.5) is 0 Å². The van der Waals surface area contributed by atoms with Gasteiger partial charge in [-0.1, -0.05) is 206 Å². The molecule has 43 heavy (non-hydrogen) atoms. The number of ether oxygens (including phenoxy) is 1. The second-order valence-corrected chi connectivity index (χ2v) is 13.0. The molecule has 0 rings (SSSR count). The maximum absolute atomic E-state index is 11.9. The maximum atomic E-state index is 11.9. The van der Waals surface area contributed by atoms with E-state index >= 15 is 0 Å². The number of hydrogen-bond donors (Lipinski definition) is 0. The van der Waals surface area contributed by atoms with Crippen LogP contribution in [0.5, 0.6) is 0 Å². The molecule has 252 valence electrons. The fraction of sp³-hybridized carbons (Fsp3) is 0.947. The van der Waals surface area contributed by atoms with Crippen molar-refractivity contribution in [1.29, 1.82) is 0 Å². The molecule has 0 saturated heterocycles. The standard InChI is InChI=1S/C38H74O3.2Ca.4H/c1-3-5-7-9-11-13-15-17-18-19-20-21-22-24-26-28-30-32-34-36-38(40)41-37(39)35-33-31-29-27-25-23-16-14-12-10-8-6-4-2;;;;;;/h3-36H2,1-2H3;;;;;;. The Bertz CT molecular complexity index is 541. The summed E-state index contributed by atoms with van der Waals surface area (Å²) in [4.78, 5) is 23.8. The van der Waals surface area contributed by atoms with Crippen molar-refractivity contribution in [3.63, 3.8) is 0 Å². The molecule has 0 amide bonds. The van der Waals surface area contributed by atoms with Crippen LogP contribution in [0.1, 0.15) is 232 Å². The molecule has 0 aromatic heterocycles. The van der Waals surface area contributed by atoms with Crippen LogP contribution >= 0.6 is 0 Å². The van der Waals surface area contributed by atoms with Crippen molar-refractivity contribution in [2.75, 3.05) is 0 Å². The molecule has 0 saturated carbocycles. The van der Waals surface area contributed by atoms with Crippen molar-refractivity contribution in [2.24, 2.45) is 0 Å². The molecule has 0 spiro atoms. The predicted octanol–water partition coefficient (Wildman–Crippen LogP) is 11.5. The van der Waals surface area contributed by atoms with Crippen LogP contribution in [0.2, 0.25) is 0 Å². The Balaban J connectivity index is -0.00000800. The number of unbranched alkanes of at least 4 members (excludes halogenated alkanes) is 30. The zero-order chi connectivity index (χ0) is 29.9. The molecule has 0 fully saturated rings. The molecule has 0 atom stereocenters.